The van der Waals surface area contributed by atoms with Gasteiger partial charge >= 0.3 is 0 Å². The van der Waals surface area contributed by atoms with Gasteiger partial charge in [0.05, 0.1) is 26.4 Å². The van der Waals surface area contributed by atoms with Gasteiger partial charge in [0.1, 0.15) is 24.4 Å². The number of hydrogen-bond acceptors (Lipinski definition) is 8. The van der Waals surface area contributed by atoms with Crippen molar-refractivity contribution in [3.63, 3.8) is 0 Å². The Morgan fingerprint density at radius 1 is 1.04 bits per heavy atom. The molecule has 0 aliphatic carbocycles. The third kappa shape index (κ3) is 5.71. The maximum absolute atomic E-state index is 11.8. The number of nitrogens with one attached hydrogen (secondary N) is 1. The lowest BCUT2D eigenvalue weighted by molar-refractivity contribution is -0.302. The van der Waals surface area contributed by atoms with E-state index >= 15 is 0 Å². The minimum absolute atomic E-state index is 0.0648. The van der Waals surface area contributed by atoms with Gasteiger partial charge in [-0.3, -0.25) is 4.79 Å². The van der Waals surface area contributed by atoms with E-state index in [1.807, 2.05) is 6.07 Å². The molecule has 0 unspecified atom stereocenters. The third-order valence-electron chi connectivity index (χ3n) is 3.93. The monoisotopic (exact) mass is 371 g/mol. The summed E-state index contributed by atoms with van der Waals surface area (Å²) in [4.78, 5) is 11.8. The smallest absolute Gasteiger partial charge is 0.251 e. The molecule has 1 aliphatic rings. The molecule has 1 fully saturated rings. The summed E-state index contributed by atoms with van der Waals surface area (Å²) in [5, 5.41) is 40.9. The Morgan fingerprint density at radius 3 is 2.46 bits per heavy atom. The number of carbonyl (C=O) groups excluding carboxylic acids is 1. The summed E-state index contributed by atoms with van der Waals surface area (Å²) in [6, 6.07) is 8.81. The number of aliphatic hydroxyl groups excluding tert-OH is 4. The highest BCUT2D eigenvalue weighted by atomic mass is 16.7. The minimum atomic E-state index is -1.47. The molecule has 0 spiro atoms. The molecule has 2 rings (SSSR count). The average molecular weight is 371 g/mol. The normalized spacial score (nSPS) is 28.7. The largest absolute Gasteiger partial charge is 0.394 e. The van der Waals surface area contributed by atoms with E-state index in [0.29, 0.717) is 12.1 Å². The van der Waals surface area contributed by atoms with Gasteiger partial charge < -0.3 is 40.0 Å². The lowest BCUT2D eigenvalue weighted by Gasteiger charge is -2.39. The Labute approximate surface area is 151 Å². The van der Waals surface area contributed by atoms with Crippen molar-refractivity contribution in [3.8, 4) is 0 Å². The predicted molar refractivity (Wildman–Crippen MR) is 89.3 cm³/mol. The molecule has 1 amide bonds. The van der Waals surface area contributed by atoms with E-state index < -0.39 is 37.3 Å². The molecule has 1 aromatic carbocycles. The van der Waals surface area contributed by atoms with Gasteiger partial charge in [0.25, 0.3) is 5.91 Å². The lowest BCUT2D eigenvalue weighted by atomic mass is 9.99. The molecule has 9 nitrogen and oxygen atoms in total. The molecule has 5 N–H and O–H groups in total. The average Bonchev–Trinajstić information content (AvgIpc) is 2.67. The number of hydrogen-bond donors (Lipinski definition) is 5. The van der Waals surface area contributed by atoms with Crippen LogP contribution in [0, 0.1) is 0 Å². The van der Waals surface area contributed by atoms with Crippen LogP contribution in [0.5, 0.6) is 0 Å². The summed E-state index contributed by atoms with van der Waals surface area (Å²) in [6.07, 6.45) is -6.50. The van der Waals surface area contributed by atoms with E-state index in [1.165, 1.54) is 0 Å². The van der Waals surface area contributed by atoms with Crippen molar-refractivity contribution in [2.75, 3.05) is 33.0 Å². The van der Waals surface area contributed by atoms with E-state index in [1.54, 1.807) is 24.3 Å². The second-order valence-electron chi connectivity index (χ2n) is 5.80. The first-order valence-corrected chi connectivity index (χ1v) is 8.37. The zero-order valence-corrected chi connectivity index (χ0v) is 14.2. The third-order valence-corrected chi connectivity index (χ3v) is 3.93. The van der Waals surface area contributed by atoms with Gasteiger partial charge in [-0.1, -0.05) is 18.2 Å². The molecule has 1 aromatic rings. The van der Waals surface area contributed by atoms with Crippen LogP contribution in [-0.2, 0) is 14.2 Å². The number of benzene rings is 1. The molecule has 1 aliphatic heterocycles. The molecular formula is C17H25NO8. The highest BCUT2D eigenvalue weighted by Gasteiger charge is 2.43. The zero-order chi connectivity index (χ0) is 18.9. The van der Waals surface area contributed by atoms with Crippen LogP contribution in [0.1, 0.15) is 10.4 Å². The fraction of sp³-hybridized carbons (Fsp3) is 0.588. The maximum atomic E-state index is 11.8. The van der Waals surface area contributed by atoms with E-state index in [0.717, 1.165) is 0 Å². The van der Waals surface area contributed by atoms with Crippen LogP contribution in [0.3, 0.4) is 0 Å². The fourth-order valence-electron chi connectivity index (χ4n) is 2.46. The fourth-order valence-corrected chi connectivity index (χ4v) is 2.46. The maximum Gasteiger partial charge on any atom is 0.251 e. The number of amides is 1. The van der Waals surface area contributed by atoms with Gasteiger partial charge in [0.2, 0.25) is 0 Å². The Balaban J connectivity index is 1.58. The second-order valence-corrected chi connectivity index (χ2v) is 5.80. The topological polar surface area (TPSA) is 138 Å². The van der Waals surface area contributed by atoms with Crippen LogP contribution in [0.2, 0.25) is 0 Å². The van der Waals surface area contributed by atoms with E-state index in [2.05, 4.69) is 5.32 Å². The van der Waals surface area contributed by atoms with Crippen LogP contribution in [0.4, 0.5) is 0 Å². The molecule has 1 heterocycles. The van der Waals surface area contributed by atoms with Gasteiger partial charge in [-0.15, -0.1) is 0 Å². The van der Waals surface area contributed by atoms with E-state index in [-0.39, 0.29) is 25.7 Å². The summed E-state index contributed by atoms with van der Waals surface area (Å²) < 4.78 is 15.8. The van der Waals surface area contributed by atoms with Crippen LogP contribution >= 0.6 is 0 Å². The molecular weight excluding hydrogens is 346 g/mol. The number of ether oxygens (including phenoxy) is 3. The summed E-state index contributed by atoms with van der Waals surface area (Å²) in [7, 11) is 0. The van der Waals surface area contributed by atoms with Gasteiger partial charge in [-0.25, -0.2) is 0 Å². The number of aliphatic hydroxyl groups is 4. The standard InChI is InChI=1S/C17H25NO8/c19-10-12-13(20)14(21)15(22)17(26-12)25-9-8-24-7-6-18-16(23)11-4-2-1-3-5-11/h1-5,12-15,17,19-22H,6-10H2,(H,18,23)/t12-,13+,14+,15-,17+/m1/s1. The quantitative estimate of drug-likeness (QED) is 0.322. The molecule has 0 radical (unpaired) electrons. The molecule has 0 bridgehead atoms. The Bertz CT molecular complexity index is 541. The highest BCUT2D eigenvalue weighted by molar-refractivity contribution is 5.94. The van der Waals surface area contributed by atoms with Crippen molar-refractivity contribution in [2.45, 2.75) is 30.7 Å². The number of rotatable bonds is 9. The van der Waals surface area contributed by atoms with Gasteiger partial charge in [-0.2, -0.15) is 0 Å². The second kappa shape index (κ2) is 10.5. The lowest BCUT2D eigenvalue weighted by Crippen LogP contribution is -2.59. The molecule has 5 atom stereocenters. The van der Waals surface area contributed by atoms with Crippen molar-refractivity contribution in [2.24, 2.45) is 0 Å². The van der Waals surface area contributed by atoms with Crippen LogP contribution < -0.4 is 5.32 Å². The Kier molecular flexibility index (Phi) is 8.39. The van der Waals surface area contributed by atoms with Gasteiger partial charge in [0.15, 0.2) is 6.29 Å². The molecule has 0 saturated carbocycles. The summed E-state index contributed by atoms with van der Waals surface area (Å²) in [5.41, 5.74) is 0.568. The first-order valence-electron chi connectivity index (χ1n) is 8.37. The minimum Gasteiger partial charge on any atom is -0.394 e. The molecule has 146 valence electrons. The molecule has 26 heavy (non-hydrogen) atoms. The highest BCUT2D eigenvalue weighted by Crippen LogP contribution is 2.21. The zero-order valence-electron chi connectivity index (χ0n) is 14.2. The summed E-state index contributed by atoms with van der Waals surface area (Å²) in [5.74, 6) is -0.188. The van der Waals surface area contributed by atoms with Crippen molar-refractivity contribution < 1.29 is 39.4 Å². The number of carbonyl (C=O) groups is 1. The first kappa shape index (κ1) is 20.7. The molecule has 0 aromatic heterocycles. The Hall–Kier alpha value is -1.59. The van der Waals surface area contributed by atoms with Crippen molar-refractivity contribution >= 4 is 5.91 Å². The van der Waals surface area contributed by atoms with Crippen LogP contribution in [0.15, 0.2) is 30.3 Å². The van der Waals surface area contributed by atoms with Crippen LogP contribution in [-0.4, -0.2) is 90.0 Å². The van der Waals surface area contributed by atoms with Gasteiger partial charge in [-0.05, 0) is 12.1 Å². The van der Waals surface area contributed by atoms with Crippen molar-refractivity contribution in [1.82, 2.24) is 5.32 Å². The summed E-state index contributed by atoms with van der Waals surface area (Å²) >= 11 is 0. The molecule has 9 heteroatoms. The van der Waals surface area contributed by atoms with E-state index in [9.17, 15) is 20.1 Å². The predicted octanol–water partition coefficient (Wildman–Crippen LogP) is -1.75. The first-order chi connectivity index (χ1) is 12.5. The Morgan fingerprint density at radius 2 is 1.77 bits per heavy atom. The SMILES string of the molecule is O=C(NCCOCCO[C@H]1O[C@H](CO)[C@H](O)[C@H](O)[C@H]1O)c1ccccc1. The summed E-state index contributed by atoms with van der Waals surface area (Å²) in [6.45, 7) is 0.332. The van der Waals surface area contributed by atoms with Crippen molar-refractivity contribution in [3.05, 3.63) is 35.9 Å². The van der Waals surface area contributed by atoms with Crippen molar-refractivity contribution in [1.29, 1.82) is 0 Å². The molecule has 1 saturated heterocycles. The van der Waals surface area contributed by atoms with E-state index in [4.69, 9.17) is 19.3 Å². The van der Waals surface area contributed by atoms with Crippen LogP contribution in [0.25, 0.3) is 0 Å². The van der Waals surface area contributed by atoms with Gasteiger partial charge in [0, 0.05) is 12.1 Å².